The average molecular weight is 364 g/mol. The SMILES string of the molecule is C[C@H](Sc1ccsc1[N+](=O)[O-])C(=O)N[C@@H](C)CCc1ccccc1. The lowest BCUT2D eigenvalue weighted by molar-refractivity contribution is -0.382. The number of nitrogens with zero attached hydrogens (tertiary/aromatic N) is 1. The third-order valence-corrected chi connectivity index (χ3v) is 5.69. The molecule has 1 aromatic carbocycles. The van der Waals surface area contributed by atoms with Gasteiger partial charge >= 0.3 is 5.00 Å². The highest BCUT2D eigenvalue weighted by molar-refractivity contribution is 8.00. The van der Waals surface area contributed by atoms with Gasteiger partial charge in [-0.1, -0.05) is 41.7 Å². The van der Waals surface area contributed by atoms with Gasteiger partial charge in [-0.05, 0) is 43.7 Å². The largest absolute Gasteiger partial charge is 0.353 e. The van der Waals surface area contributed by atoms with E-state index in [1.807, 2.05) is 25.1 Å². The first-order chi connectivity index (χ1) is 11.5. The lowest BCUT2D eigenvalue weighted by Gasteiger charge is -2.17. The van der Waals surface area contributed by atoms with E-state index in [0.29, 0.717) is 4.90 Å². The summed E-state index contributed by atoms with van der Waals surface area (Å²) in [5, 5.41) is 15.3. The highest BCUT2D eigenvalue weighted by atomic mass is 32.2. The zero-order valence-electron chi connectivity index (χ0n) is 13.6. The van der Waals surface area contributed by atoms with Crippen LogP contribution in [0.3, 0.4) is 0 Å². The second kappa shape index (κ2) is 8.84. The lowest BCUT2D eigenvalue weighted by atomic mass is 10.1. The van der Waals surface area contributed by atoms with Crippen LogP contribution in [0.15, 0.2) is 46.7 Å². The predicted molar refractivity (Wildman–Crippen MR) is 98.7 cm³/mol. The van der Waals surface area contributed by atoms with Crippen molar-refractivity contribution in [3.63, 3.8) is 0 Å². The second-order valence-corrected chi connectivity index (χ2v) is 7.82. The van der Waals surface area contributed by atoms with Gasteiger partial charge in [-0.3, -0.25) is 14.9 Å². The van der Waals surface area contributed by atoms with E-state index < -0.39 is 4.92 Å². The fourth-order valence-corrected chi connectivity index (χ4v) is 4.07. The Balaban J connectivity index is 1.82. The van der Waals surface area contributed by atoms with Gasteiger partial charge in [0, 0.05) is 6.04 Å². The van der Waals surface area contributed by atoms with Crippen molar-refractivity contribution in [3.8, 4) is 0 Å². The molecule has 0 saturated carbocycles. The van der Waals surface area contributed by atoms with Gasteiger partial charge in [0.1, 0.15) is 0 Å². The first kappa shape index (κ1) is 18.5. The molecule has 0 fully saturated rings. The number of hydrogen-bond donors (Lipinski definition) is 1. The number of hydrogen-bond acceptors (Lipinski definition) is 5. The van der Waals surface area contributed by atoms with Crippen LogP contribution < -0.4 is 5.32 Å². The van der Waals surface area contributed by atoms with Crippen LogP contribution in [0.5, 0.6) is 0 Å². The predicted octanol–water partition coefficient (Wildman–Crippen LogP) is 4.27. The number of carbonyl (C=O) groups is 1. The van der Waals surface area contributed by atoms with E-state index in [1.165, 1.54) is 17.3 Å². The van der Waals surface area contributed by atoms with Crippen LogP contribution in [-0.2, 0) is 11.2 Å². The molecule has 2 aromatic rings. The molecule has 128 valence electrons. The van der Waals surface area contributed by atoms with Crippen LogP contribution in [0.25, 0.3) is 0 Å². The summed E-state index contributed by atoms with van der Waals surface area (Å²) in [6.45, 7) is 3.75. The standard InChI is InChI=1S/C17H20N2O3S2/c1-12(8-9-14-6-4-3-5-7-14)18-16(20)13(2)24-15-10-11-23-17(15)19(21)22/h3-7,10-13H,8-9H2,1-2H3,(H,18,20)/t12-,13-/m0/s1. The van der Waals surface area contributed by atoms with Crippen molar-refractivity contribution < 1.29 is 9.72 Å². The molecule has 0 saturated heterocycles. The number of thiophene rings is 1. The van der Waals surface area contributed by atoms with E-state index >= 15 is 0 Å². The zero-order chi connectivity index (χ0) is 17.5. The number of nitrogens with one attached hydrogen (secondary N) is 1. The minimum atomic E-state index is -0.403. The van der Waals surface area contributed by atoms with Gasteiger partial charge < -0.3 is 5.32 Å². The van der Waals surface area contributed by atoms with Crippen LogP contribution in [0.1, 0.15) is 25.8 Å². The Kier molecular flexibility index (Phi) is 6.81. The van der Waals surface area contributed by atoms with Gasteiger partial charge in [0.2, 0.25) is 5.91 Å². The molecule has 1 N–H and O–H groups in total. The van der Waals surface area contributed by atoms with Gasteiger partial charge in [0.25, 0.3) is 0 Å². The van der Waals surface area contributed by atoms with Crippen molar-refractivity contribution in [1.29, 1.82) is 0 Å². The Morgan fingerprint density at radius 1 is 1.29 bits per heavy atom. The van der Waals surface area contributed by atoms with Crippen molar-refractivity contribution in [2.75, 3.05) is 0 Å². The quantitative estimate of drug-likeness (QED) is 0.431. The summed E-state index contributed by atoms with van der Waals surface area (Å²) < 4.78 is 0. The molecule has 2 atom stereocenters. The van der Waals surface area contributed by atoms with Crippen molar-refractivity contribution in [2.24, 2.45) is 0 Å². The van der Waals surface area contributed by atoms with Crippen molar-refractivity contribution in [3.05, 3.63) is 57.5 Å². The molecule has 0 radical (unpaired) electrons. The third kappa shape index (κ3) is 5.35. The van der Waals surface area contributed by atoms with Gasteiger partial charge in [-0.25, -0.2) is 0 Å². The number of rotatable bonds is 8. The minimum Gasteiger partial charge on any atom is -0.353 e. The Bertz CT molecular complexity index is 688. The molecule has 24 heavy (non-hydrogen) atoms. The topological polar surface area (TPSA) is 72.2 Å². The number of carbonyl (C=O) groups excluding carboxylic acids is 1. The average Bonchev–Trinajstić information content (AvgIpc) is 3.02. The van der Waals surface area contributed by atoms with E-state index in [1.54, 1.807) is 18.4 Å². The second-order valence-electron chi connectivity index (χ2n) is 5.54. The molecule has 7 heteroatoms. The summed E-state index contributed by atoms with van der Waals surface area (Å²) in [5.74, 6) is -0.0962. The number of aryl methyl sites for hydroxylation is 1. The molecular weight excluding hydrogens is 344 g/mol. The van der Waals surface area contributed by atoms with Crippen molar-refractivity contribution in [1.82, 2.24) is 5.32 Å². The highest BCUT2D eigenvalue weighted by Gasteiger charge is 2.22. The van der Waals surface area contributed by atoms with E-state index in [-0.39, 0.29) is 22.2 Å². The lowest BCUT2D eigenvalue weighted by Crippen LogP contribution is -2.37. The van der Waals surface area contributed by atoms with Gasteiger partial charge in [0.15, 0.2) is 0 Å². The Labute approximate surface area is 149 Å². The molecule has 0 aliphatic rings. The van der Waals surface area contributed by atoms with Gasteiger partial charge in [0.05, 0.1) is 15.1 Å². The van der Waals surface area contributed by atoms with Gasteiger partial charge in [-0.15, -0.1) is 11.8 Å². The fraction of sp³-hybridized carbons (Fsp3) is 0.353. The van der Waals surface area contributed by atoms with E-state index in [2.05, 4.69) is 17.4 Å². The number of benzene rings is 1. The fourth-order valence-electron chi connectivity index (χ4n) is 2.22. The Morgan fingerprint density at radius 3 is 2.67 bits per heavy atom. The number of amides is 1. The zero-order valence-corrected chi connectivity index (χ0v) is 15.2. The molecule has 0 aliphatic carbocycles. The van der Waals surface area contributed by atoms with E-state index in [9.17, 15) is 14.9 Å². The molecule has 1 aromatic heterocycles. The summed E-state index contributed by atoms with van der Waals surface area (Å²) in [7, 11) is 0. The molecule has 2 rings (SSSR count). The minimum absolute atomic E-state index is 0.0539. The third-order valence-electron chi connectivity index (χ3n) is 3.55. The van der Waals surface area contributed by atoms with Crippen molar-refractivity contribution >= 4 is 34.0 Å². The summed E-state index contributed by atoms with van der Waals surface area (Å²) in [6.07, 6.45) is 1.76. The normalized spacial score (nSPS) is 13.2. The summed E-state index contributed by atoms with van der Waals surface area (Å²) in [5.41, 5.74) is 1.25. The van der Waals surface area contributed by atoms with E-state index in [4.69, 9.17) is 0 Å². The summed E-state index contributed by atoms with van der Waals surface area (Å²) >= 11 is 2.31. The van der Waals surface area contributed by atoms with Crippen molar-refractivity contribution in [2.45, 2.75) is 42.9 Å². The number of thioether (sulfide) groups is 1. The molecule has 5 nitrogen and oxygen atoms in total. The summed E-state index contributed by atoms with van der Waals surface area (Å²) in [6, 6.07) is 11.9. The van der Waals surface area contributed by atoms with Crippen LogP contribution in [0, 0.1) is 10.1 Å². The smallest absolute Gasteiger partial charge is 0.337 e. The molecular formula is C17H20N2O3S2. The Morgan fingerprint density at radius 2 is 2.00 bits per heavy atom. The first-order valence-electron chi connectivity index (χ1n) is 7.70. The maximum Gasteiger partial charge on any atom is 0.337 e. The number of nitro groups is 1. The van der Waals surface area contributed by atoms with Crippen LogP contribution >= 0.6 is 23.1 Å². The molecule has 1 heterocycles. The molecule has 0 bridgehead atoms. The van der Waals surface area contributed by atoms with Crippen LogP contribution in [-0.4, -0.2) is 22.1 Å². The molecule has 0 aliphatic heterocycles. The Hall–Kier alpha value is -1.86. The molecule has 0 spiro atoms. The van der Waals surface area contributed by atoms with Crippen LogP contribution in [0.2, 0.25) is 0 Å². The van der Waals surface area contributed by atoms with Gasteiger partial charge in [-0.2, -0.15) is 0 Å². The maximum atomic E-state index is 12.3. The van der Waals surface area contributed by atoms with Crippen LogP contribution in [0.4, 0.5) is 5.00 Å². The maximum absolute atomic E-state index is 12.3. The first-order valence-corrected chi connectivity index (χ1v) is 9.46. The monoisotopic (exact) mass is 364 g/mol. The molecule has 0 unspecified atom stereocenters. The molecule has 1 amide bonds. The van der Waals surface area contributed by atoms with E-state index in [0.717, 1.165) is 24.2 Å². The highest BCUT2D eigenvalue weighted by Crippen LogP contribution is 2.36. The summed E-state index contributed by atoms with van der Waals surface area (Å²) in [4.78, 5) is 23.4.